The van der Waals surface area contributed by atoms with E-state index < -0.39 is 0 Å². The topological polar surface area (TPSA) is 52.0 Å². The van der Waals surface area contributed by atoms with Crippen LogP contribution in [0, 0.1) is 0 Å². The predicted octanol–water partition coefficient (Wildman–Crippen LogP) is 0.229. The molecule has 4 N–H and O–H groups in total. The number of rotatable bonds is 1. The highest BCUT2D eigenvalue weighted by Gasteiger charge is 1.97. The van der Waals surface area contributed by atoms with E-state index in [1.807, 2.05) is 18.2 Å². The predicted molar refractivity (Wildman–Crippen MR) is 46.5 cm³/mol. The zero-order valence-corrected chi connectivity index (χ0v) is 6.89. The Morgan fingerprint density at radius 2 is 2.00 bits per heavy atom. The van der Waals surface area contributed by atoms with Gasteiger partial charge in [0.15, 0.2) is 0 Å². The lowest BCUT2D eigenvalue weighted by Crippen LogP contribution is -2.17. The van der Waals surface area contributed by atoms with E-state index >= 15 is 0 Å². The first-order chi connectivity index (χ1) is 4.75. The molecule has 0 aliphatic rings. The summed E-state index contributed by atoms with van der Waals surface area (Å²) in [7, 11) is 0.720. The second-order valence-electron chi connectivity index (χ2n) is 2.06. The quantitative estimate of drug-likeness (QED) is 0.445. The number of nitrogen functional groups attached to an aromatic ring is 2. The Hall–Kier alpha value is -0.963. The Balaban J connectivity index is 3.14. The molecule has 0 amide bonds. The molecule has 3 heteroatoms. The maximum atomic E-state index is 5.68. The lowest BCUT2D eigenvalue weighted by molar-refractivity contribution is 1.70. The molecule has 1 aromatic rings. The number of hydrogen-bond donors (Lipinski definition) is 2. The van der Waals surface area contributed by atoms with Crippen LogP contribution in [0.3, 0.4) is 0 Å². The SMILES string of the molecule is C[Si]c1cccc(N)c1N. The van der Waals surface area contributed by atoms with E-state index in [1.165, 1.54) is 0 Å². The van der Waals surface area contributed by atoms with E-state index in [9.17, 15) is 0 Å². The molecule has 0 saturated carbocycles. The molecule has 0 unspecified atom stereocenters. The van der Waals surface area contributed by atoms with Crippen LogP contribution in [0.15, 0.2) is 18.2 Å². The molecule has 10 heavy (non-hydrogen) atoms. The van der Waals surface area contributed by atoms with Crippen LogP contribution < -0.4 is 16.7 Å². The molecule has 1 rings (SSSR count). The van der Waals surface area contributed by atoms with Gasteiger partial charge in [-0.2, -0.15) is 0 Å². The largest absolute Gasteiger partial charge is 0.397 e. The molecule has 1 aromatic carbocycles. The van der Waals surface area contributed by atoms with Crippen LogP contribution in [-0.4, -0.2) is 9.52 Å². The van der Waals surface area contributed by atoms with Gasteiger partial charge in [0.2, 0.25) is 0 Å². The van der Waals surface area contributed by atoms with E-state index in [2.05, 4.69) is 6.55 Å². The Labute approximate surface area is 63.1 Å². The van der Waals surface area contributed by atoms with Gasteiger partial charge < -0.3 is 11.5 Å². The molecule has 0 fully saturated rings. The van der Waals surface area contributed by atoms with Crippen molar-refractivity contribution in [1.82, 2.24) is 0 Å². The zero-order chi connectivity index (χ0) is 7.56. The van der Waals surface area contributed by atoms with E-state index in [-0.39, 0.29) is 0 Å². The van der Waals surface area contributed by atoms with Crippen molar-refractivity contribution in [2.75, 3.05) is 11.5 Å². The fraction of sp³-hybridized carbons (Fsp3) is 0.143. The molecule has 0 bridgehead atoms. The molecule has 52 valence electrons. The average Bonchev–Trinajstić information content (AvgIpc) is 1.95. The van der Waals surface area contributed by atoms with Gasteiger partial charge in [-0.15, -0.1) is 0 Å². The van der Waals surface area contributed by atoms with Gasteiger partial charge in [0.1, 0.15) is 0 Å². The fourth-order valence-corrected chi connectivity index (χ4v) is 1.48. The summed E-state index contributed by atoms with van der Waals surface area (Å²) >= 11 is 0. The van der Waals surface area contributed by atoms with Gasteiger partial charge in [-0.25, -0.2) is 0 Å². The number of anilines is 2. The maximum Gasteiger partial charge on any atom is 0.0802 e. The van der Waals surface area contributed by atoms with Gasteiger partial charge in [0, 0.05) is 0 Å². The van der Waals surface area contributed by atoms with E-state index in [0.29, 0.717) is 5.69 Å². The second kappa shape index (κ2) is 2.75. The third kappa shape index (κ3) is 1.13. The number of nitrogens with two attached hydrogens (primary N) is 2. The number of hydrogen-bond acceptors (Lipinski definition) is 2. The van der Waals surface area contributed by atoms with Gasteiger partial charge in [-0.1, -0.05) is 18.7 Å². The highest BCUT2D eigenvalue weighted by Crippen LogP contribution is 2.08. The molecule has 0 heterocycles. The third-order valence-electron chi connectivity index (χ3n) is 1.41. The molecule has 0 saturated heterocycles. The summed E-state index contributed by atoms with van der Waals surface area (Å²) in [5.41, 5.74) is 12.7. The van der Waals surface area contributed by atoms with Gasteiger partial charge in [-0.3, -0.25) is 0 Å². The Bertz CT molecular complexity index is 235. The summed E-state index contributed by atoms with van der Waals surface area (Å²) in [6.07, 6.45) is 0. The minimum Gasteiger partial charge on any atom is -0.397 e. The summed E-state index contributed by atoms with van der Waals surface area (Å²) in [6.45, 7) is 2.09. The fourth-order valence-electron chi connectivity index (χ4n) is 0.801. The average molecular weight is 150 g/mol. The first-order valence-electron chi connectivity index (χ1n) is 3.07. The Morgan fingerprint density at radius 1 is 1.30 bits per heavy atom. The van der Waals surface area contributed by atoms with Crippen LogP contribution in [0.25, 0.3) is 0 Å². The molecule has 0 aromatic heterocycles. The summed E-state index contributed by atoms with van der Waals surface area (Å²) in [4.78, 5) is 0. The highest BCUT2D eigenvalue weighted by molar-refractivity contribution is 6.54. The van der Waals surface area contributed by atoms with Crippen molar-refractivity contribution >= 4 is 26.1 Å². The Morgan fingerprint density at radius 3 is 2.50 bits per heavy atom. The summed E-state index contributed by atoms with van der Waals surface area (Å²) in [5.74, 6) is 0. The highest BCUT2D eigenvalue weighted by atomic mass is 28.2. The molecule has 0 aliphatic carbocycles. The maximum absolute atomic E-state index is 5.68. The van der Waals surface area contributed by atoms with Gasteiger partial charge in [-0.05, 0) is 11.3 Å². The Kier molecular flexibility index (Phi) is 1.96. The van der Waals surface area contributed by atoms with Crippen molar-refractivity contribution in [3.05, 3.63) is 18.2 Å². The first kappa shape index (κ1) is 7.15. The lowest BCUT2D eigenvalue weighted by Gasteiger charge is -2.03. The van der Waals surface area contributed by atoms with Crippen molar-refractivity contribution in [2.45, 2.75) is 6.55 Å². The molecule has 0 spiro atoms. The van der Waals surface area contributed by atoms with Crippen LogP contribution in [0.4, 0.5) is 11.4 Å². The monoisotopic (exact) mass is 150 g/mol. The smallest absolute Gasteiger partial charge is 0.0802 e. The number of para-hydroxylation sites is 1. The van der Waals surface area contributed by atoms with Gasteiger partial charge in [0.25, 0.3) is 0 Å². The van der Waals surface area contributed by atoms with Crippen molar-refractivity contribution in [1.29, 1.82) is 0 Å². The van der Waals surface area contributed by atoms with E-state index in [1.54, 1.807) is 0 Å². The molecule has 0 atom stereocenters. The van der Waals surface area contributed by atoms with Gasteiger partial charge >= 0.3 is 0 Å². The molecular weight excluding hydrogens is 140 g/mol. The van der Waals surface area contributed by atoms with E-state index in [0.717, 1.165) is 20.4 Å². The van der Waals surface area contributed by atoms with Crippen molar-refractivity contribution in [2.24, 2.45) is 0 Å². The van der Waals surface area contributed by atoms with E-state index in [4.69, 9.17) is 11.5 Å². The zero-order valence-electron chi connectivity index (χ0n) is 5.89. The van der Waals surface area contributed by atoms with Crippen LogP contribution in [0.1, 0.15) is 0 Å². The molecular formula is C7H10N2Si. The van der Waals surface area contributed by atoms with Crippen molar-refractivity contribution in [3.8, 4) is 0 Å². The molecule has 2 radical (unpaired) electrons. The first-order valence-corrected chi connectivity index (χ1v) is 4.57. The normalized spacial score (nSPS) is 9.70. The summed E-state index contributed by atoms with van der Waals surface area (Å²) < 4.78 is 0. The standard InChI is InChI=1S/C7H10N2Si/c1-10-6-4-2-3-5(8)7(6)9/h2-4H,8-9H2,1H3. The minimum absolute atomic E-state index is 0.687. The summed E-state index contributed by atoms with van der Waals surface area (Å²) in [5, 5.41) is 1.15. The van der Waals surface area contributed by atoms with Crippen LogP contribution in [0.2, 0.25) is 6.55 Å². The van der Waals surface area contributed by atoms with Crippen molar-refractivity contribution < 1.29 is 0 Å². The lowest BCUT2D eigenvalue weighted by atomic mass is 10.3. The second-order valence-corrected chi connectivity index (χ2v) is 3.10. The van der Waals surface area contributed by atoms with Gasteiger partial charge in [0.05, 0.1) is 20.9 Å². The number of benzene rings is 1. The van der Waals surface area contributed by atoms with Crippen LogP contribution in [0.5, 0.6) is 0 Å². The molecule has 0 aliphatic heterocycles. The minimum atomic E-state index is 0.687. The molecule has 2 nitrogen and oxygen atoms in total. The van der Waals surface area contributed by atoms with Crippen LogP contribution in [-0.2, 0) is 0 Å². The van der Waals surface area contributed by atoms with Crippen LogP contribution >= 0.6 is 0 Å². The third-order valence-corrected chi connectivity index (χ3v) is 2.38. The van der Waals surface area contributed by atoms with Crippen molar-refractivity contribution in [3.63, 3.8) is 0 Å². The summed E-state index contributed by atoms with van der Waals surface area (Å²) in [6, 6.07) is 5.75.